The number of aromatic amines is 1. The number of hydrogen-bond donors (Lipinski definition) is 3. The predicted molar refractivity (Wildman–Crippen MR) is 122 cm³/mol. The highest BCUT2D eigenvalue weighted by Gasteiger charge is 2.25. The number of hydrogen-bond acceptors (Lipinski definition) is 6. The van der Waals surface area contributed by atoms with Gasteiger partial charge in [-0.3, -0.25) is 5.10 Å². The number of carbonyl (C=O) groups excluding carboxylic acids is 1. The van der Waals surface area contributed by atoms with Crippen molar-refractivity contribution < 1.29 is 9.53 Å². The first kappa shape index (κ1) is 21.1. The Labute approximate surface area is 185 Å². The summed E-state index contributed by atoms with van der Waals surface area (Å²) in [5, 5.41) is 14.7. The number of ether oxygens (including phenoxy) is 1. The molecule has 7 nitrogen and oxygen atoms in total. The lowest BCUT2D eigenvalue weighted by atomic mass is 9.93. The maximum Gasteiger partial charge on any atom is 0.408 e. The van der Waals surface area contributed by atoms with Crippen molar-refractivity contribution in [2.75, 3.05) is 19.7 Å². The Morgan fingerprint density at radius 2 is 2.10 bits per heavy atom. The van der Waals surface area contributed by atoms with Crippen LogP contribution in [0.1, 0.15) is 37.1 Å². The summed E-state index contributed by atoms with van der Waals surface area (Å²) >= 11 is 1.67. The number of nitrogens with one attached hydrogen (secondary N) is 3. The van der Waals surface area contributed by atoms with Crippen LogP contribution >= 0.6 is 11.3 Å². The minimum absolute atomic E-state index is 0.0826. The van der Waals surface area contributed by atoms with Crippen molar-refractivity contribution in [3.8, 4) is 33.0 Å². The smallest absolute Gasteiger partial charge is 0.408 e. The van der Waals surface area contributed by atoms with Crippen molar-refractivity contribution in [3.05, 3.63) is 47.8 Å². The van der Waals surface area contributed by atoms with E-state index in [9.17, 15) is 4.79 Å². The molecule has 1 aromatic carbocycles. The summed E-state index contributed by atoms with van der Waals surface area (Å²) in [4.78, 5) is 17.9. The van der Waals surface area contributed by atoms with E-state index >= 15 is 0 Å². The Bertz CT molecular complexity index is 1070. The number of nitrogens with zero attached hydrogens (tertiary/aromatic N) is 2. The molecule has 1 aliphatic heterocycles. The van der Waals surface area contributed by atoms with Crippen LogP contribution in [-0.4, -0.2) is 41.0 Å². The van der Waals surface area contributed by atoms with Gasteiger partial charge >= 0.3 is 6.09 Å². The summed E-state index contributed by atoms with van der Waals surface area (Å²) in [6.07, 6.45) is 1.63. The van der Waals surface area contributed by atoms with Crippen molar-refractivity contribution in [1.82, 2.24) is 25.8 Å². The lowest BCUT2D eigenvalue weighted by molar-refractivity contribution is 0.159. The van der Waals surface area contributed by atoms with Gasteiger partial charge in [0.05, 0.1) is 22.8 Å². The third kappa shape index (κ3) is 5.32. The molecular formula is C23H25N5O2S. The van der Waals surface area contributed by atoms with Crippen LogP contribution in [0.3, 0.4) is 0 Å². The first-order chi connectivity index (χ1) is 15.2. The van der Waals surface area contributed by atoms with E-state index in [1.165, 1.54) is 0 Å². The molecule has 0 bridgehead atoms. The molecule has 1 aliphatic rings. The molecule has 8 heteroatoms. The molecule has 0 radical (unpaired) electrons. The standard InChI is InChI=1S/C23H25N5O2S/c1-2-3-13-30-23(29)25-15-18-14-19(28-27-18)21-20(16-9-11-24-12-10-16)26-22(31-21)17-7-5-4-6-8-17/h4-8,14,16,24H,9-13,15H2,1H3,(H,25,29)(H,27,28). The van der Waals surface area contributed by atoms with E-state index in [1.54, 1.807) is 18.3 Å². The normalized spacial score (nSPS) is 14.0. The molecule has 2 aromatic heterocycles. The second-order valence-electron chi connectivity index (χ2n) is 7.26. The Hall–Kier alpha value is -3.15. The van der Waals surface area contributed by atoms with Crippen molar-refractivity contribution >= 4 is 17.4 Å². The summed E-state index contributed by atoms with van der Waals surface area (Å²) in [5.41, 5.74) is 3.90. The van der Waals surface area contributed by atoms with Crippen LogP contribution in [0.15, 0.2) is 36.4 Å². The number of piperidine rings is 1. The molecule has 3 N–H and O–H groups in total. The number of rotatable bonds is 6. The number of alkyl carbamates (subject to hydrolysis) is 1. The Morgan fingerprint density at radius 3 is 2.87 bits per heavy atom. The SMILES string of the molecule is CC#CCOC(=O)NCc1cc(-c2sc(-c3ccccc3)nc2C2CCNCC2)n[nH]1. The maximum atomic E-state index is 11.7. The van der Waals surface area contributed by atoms with E-state index < -0.39 is 6.09 Å². The van der Waals surface area contributed by atoms with E-state index in [0.717, 1.165) is 58.5 Å². The fourth-order valence-electron chi connectivity index (χ4n) is 3.55. The zero-order chi connectivity index (χ0) is 21.5. The molecule has 0 atom stereocenters. The Morgan fingerprint density at radius 1 is 1.29 bits per heavy atom. The lowest BCUT2D eigenvalue weighted by Crippen LogP contribution is -2.27. The van der Waals surface area contributed by atoms with Gasteiger partial charge in [0.1, 0.15) is 10.7 Å². The van der Waals surface area contributed by atoms with Gasteiger partial charge in [-0.15, -0.1) is 17.3 Å². The number of benzene rings is 1. The topological polar surface area (TPSA) is 91.9 Å². The molecular weight excluding hydrogens is 410 g/mol. The van der Waals surface area contributed by atoms with Gasteiger partial charge in [0.15, 0.2) is 6.61 Å². The molecule has 0 aliphatic carbocycles. The summed E-state index contributed by atoms with van der Waals surface area (Å²) in [7, 11) is 0. The number of H-pyrrole nitrogens is 1. The first-order valence-corrected chi connectivity index (χ1v) is 11.2. The summed E-state index contributed by atoms with van der Waals surface area (Å²) in [6, 6.07) is 12.2. The van der Waals surface area contributed by atoms with Gasteiger partial charge in [-0.1, -0.05) is 36.3 Å². The van der Waals surface area contributed by atoms with Crippen molar-refractivity contribution in [2.24, 2.45) is 0 Å². The summed E-state index contributed by atoms with van der Waals surface area (Å²) < 4.78 is 4.97. The van der Waals surface area contributed by atoms with E-state index in [1.807, 2.05) is 24.3 Å². The predicted octanol–water partition coefficient (Wildman–Crippen LogP) is 3.92. The van der Waals surface area contributed by atoms with Gasteiger partial charge < -0.3 is 15.4 Å². The molecule has 0 saturated carbocycles. The summed E-state index contributed by atoms with van der Waals surface area (Å²) in [6.45, 7) is 4.09. The lowest BCUT2D eigenvalue weighted by Gasteiger charge is -2.21. The van der Waals surface area contributed by atoms with Gasteiger partial charge in [-0.05, 0) is 38.9 Å². The molecule has 0 unspecified atom stereocenters. The van der Waals surface area contributed by atoms with Crippen LogP contribution in [0, 0.1) is 11.8 Å². The minimum atomic E-state index is -0.501. The van der Waals surface area contributed by atoms with E-state index in [0.29, 0.717) is 12.5 Å². The zero-order valence-electron chi connectivity index (χ0n) is 17.4. The van der Waals surface area contributed by atoms with Crippen LogP contribution in [0.4, 0.5) is 4.79 Å². The fraction of sp³-hybridized carbons (Fsp3) is 0.348. The number of thiazole rings is 1. The maximum absolute atomic E-state index is 11.7. The minimum Gasteiger partial charge on any atom is -0.436 e. The molecule has 160 valence electrons. The molecule has 3 heterocycles. The number of aromatic nitrogens is 3. The van der Waals surface area contributed by atoms with Gasteiger partial charge in [0.2, 0.25) is 0 Å². The molecule has 3 aromatic rings. The molecule has 0 spiro atoms. The Kier molecular flexibility index (Phi) is 6.97. The molecule has 1 saturated heterocycles. The van der Waals surface area contributed by atoms with Gasteiger partial charge in [-0.25, -0.2) is 9.78 Å². The highest BCUT2D eigenvalue weighted by atomic mass is 32.1. The number of carbonyl (C=O) groups is 1. The van der Waals surface area contributed by atoms with Crippen LogP contribution in [-0.2, 0) is 11.3 Å². The molecule has 4 rings (SSSR count). The van der Waals surface area contributed by atoms with Crippen molar-refractivity contribution in [3.63, 3.8) is 0 Å². The van der Waals surface area contributed by atoms with Gasteiger partial charge in [0.25, 0.3) is 0 Å². The largest absolute Gasteiger partial charge is 0.436 e. The van der Waals surface area contributed by atoms with Crippen LogP contribution in [0.2, 0.25) is 0 Å². The third-order valence-electron chi connectivity index (χ3n) is 5.14. The van der Waals surface area contributed by atoms with E-state index in [2.05, 4.69) is 44.8 Å². The van der Waals surface area contributed by atoms with Crippen molar-refractivity contribution in [1.29, 1.82) is 0 Å². The first-order valence-electron chi connectivity index (χ1n) is 10.4. The zero-order valence-corrected chi connectivity index (χ0v) is 18.2. The second kappa shape index (κ2) is 10.2. The van der Waals surface area contributed by atoms with E-state index in [-0.39, 0.29) is 6.61 Å². The highest BCUT2D eigenvalue weighted by Crippen LogP contribution is 2.40. The average Bonchev–Trinajstić information content (AvgIpc) is 3.46. The Balaban J connectivity index is 1.54. The number of amides is 1. The van der Waals surface area contributed by atoms with Crippen LogP contribution in [0.5, 0.6) is 0 Å². The average molecular weight is 436 g/mol. The molecule has 1 amide bonds. The quantitative estimate of drug-likeness (QED) is 0.511. The third-order valence-corrected chi connectivity index (χ3v) is 6.28. The fourth-order valence-corrected chi connectivity index (χ4v) is 4.67. The summed E-state index contributed by atoms with van der Waals surface area (Å²) in [5.74, 6) is 5.79. The van der Waals surface area contributed by atoms with E-state index in [4.69, 9.17) is 9.72 Å². The van der Waals surface area contributed by atoms with Crippen LogP contribution < -0.4 is 10.6 Å². The van der Waals surface area contributed by atoms with Crippen LogP contribution in [0.25, 0.3) is 21.1 Å². The van der Waals surface area contributed by atoms with Crippen molar-refractivity contribution in [2.45, 2.75) is 32.2 Å². The second-order valence-corrected chi connectivity index (χ2v) is 8.26. The molecule has 31 heavy (non-hydrogen) atoms. The van der Waals surface area contributed by atoms with Gasteiger partial charge in [-0.2, -0.15) is 5.10 Å². The monoisotopic (exact) mass is 435 g/mol. The molecule has 1 fully saturated rings. The highest BCUT2D eigenvalue weighted by molar-refractivity contribution is 7.18. The van der Waals surface area contributed by atoms with Gasteiger partial charge in [0, 0.05) is 11.5 Å².